The predicted molar refractivity (Wildman–Crippen MR) is 116 cm³/mol. The third kappa shape index (κ3) is 3.35. The Morgan fingerprint density at radius 1 is 1.00 bits per heavy atom. The minimum absolute atomic E-state index is 0.0525. The van der Waals surface area contributed by atoms with Crippen molar-refractivity contribution in [2.75, 3.05) is 14.2 Å². The molecule has 2 aromatic rings. The summed E-state index contributed by atoms with van der Waals surface area (Å²) in [5, 5.41) is 0. The van der Waals surface area contributed by atoms with Crippen LogP contribution in [0.4, 0.5) is 0 Å². The van der Waals surface area contributed by atoms with Gasteiger partial charge in [0.05, 0.1) is 14.2 Å². The van der Waals surface area contributed by atoms with E-state index in [2.05, 4.69) is 44.2 Å². The van der Waals surface area contributed by atoms with Gasteiger partial charge in [0, 0.05) is 11.8 Å². The molecule has 29 heavy (non-hydrogen) atoms. The first-order chi connectivity index (χ1) is 13.9. The lowest BCUT2D eigenvalue weighted by atomic mass is 9.48. The first-order valence-corrected chi connectivity index (χ1v) is 10.7. The van der Waals surface area contributed by atoms with Crippen LogP contribution in [-0.4, -0.2) is 20.0 Å². The summed E-state index contributed by atoms with van der Waals surface area (Å²) in [6, 6.07) is 14.8. The van der Waals surface area contributed by atoms with Crippen molar-refractivity contribution in [1.29, 1.82) is 0 Å². The Hall–Kier alpha value is -2.29. The summed E-state index contributed by atoms with van der Waals surface area (Å²) < 4.78 is 10.8. The van der Waals surface area contributed by atoms with E-state index in [0.717, 1.165) is 43.6 Å². The molecule has 3 nitrogen and oxygen atoms in total. The van der Waals surface area contributed by atoms with E-state index < -0.39 is 0 Å². The number of methoxy groups -OCH3 is 2. The van der Waals surface area contributed by atoms with Gasteiger partial charge in [0.25, 0.3) is 0 Å². The zero-order chi connectivity index (χ0) is 20.6. The number of carbonyl (C=O) groups is 1. The van der Waals surface area contributed by atoms with E-state index >= 15 is 0 Å². The highest BCUT2D eigenvalue weighted by Gasteiger charge is 2.55. The normalized spacial score (nSPS) is 28.4. The predicted octanol–water partition coefficient (Wildman–Crippen LogP) is 5.53. The molecule has 0 heterocycles. The molecule has 3 heteroatoms. The number of ether oxygens (including phenoxy) is 2. The molecule has 1 fully saturated rings. The fraction of sp³-hybridized carbons (Fsp3) is 0.500. The minimum Gasteiger partial charge on any atom is -0.497 e. The average Bonchev–Trinajstić information content (AvgIpc) is 2.75. The highest BCUT2D eigenvalue weighted by Crippen LogP contribution is 2.57. The maximum atomic E-state index is 13.2. The second kappa shape index (κ2) is 7.51. The van der Waals surface area contributed by atoms with Crippen LogP contribution in [0, 0.1) is 11.3 Å². The van der Waals surface area contributed by atoms with Gasteiger partial charge >= 0.3 is 0 Å². The number of fused-ring (bicyclic) bond motifs is 3. The van der Waals surface area contributed by atoms with Gasteiger partial charge in [-0.25, -0.2) is 0 Å². The summed E-state index contributed by atoms with van der Waals surface area (Å²) in [4.78, 5) is 13.2. The summed E-state index contributed by atoms with van der Waals surface area (Å²) in [5.41, 5.74) is 3.83. The Labute approximate surface area is 174 Å². The van der Waals surface area contributed by atoms with Crippen molar-refractivity contribution in [1.82, 2.24) is 0 Å². The first kappa shape index (κ1) is 20.0. The maximum absolute atomic E-state index is 13.2. The molecule has 0 spiro atoms. The quantitative estimate of drug-likeness (QED) is 0.671. The van der Waals surface area contributed by atoms with Gasteiger partial charge in [-0.15, -0.1) is 0 Å². The number of Topliss-reactive ketones (excluding diaryl/α,β-unsaturated/α-hetero) is 1. The number of hydrogen-bond donors (Lipinski definition) is 0. The van der Waals surface area contributed by atoms with Gasteiger partial charge in [0.2, 0.25) is 0 Å². The van der Waals surface area contributed by atoms with Gasteiger partial charge in [-0.2, -0.15) is 0 Å². The van der Waals surface area contributed by atoms with E-state index in [1.807, 2.05) is 12.1 Å². The maximum Gasteiger partial charge on any atom is 0.139 e. The number of hydrogen-bond acceptors (Lipinski definition) is 3. The number of benzene rings is 2. The summed E-state index contributed by atoms with van der Waals surface area (Å²) >= 11 is 0. The zero-order valence-corrected chi connectivity index (χ0v) is 18.1. The first-order valence-electron chi connectivity index (χ1n) is 10.7. The summed E-state index contributed by atoms with van der Waals surface area (Å²) in [5.74, 6) is 2.63. The lowest BCUT2D eigenvalue weighted by molar-refractivity contribution is -0.139. The van der Waals surface area contributed by atoms with Crippen molar-refractivity contribution >= 4 is 5.78 Å². The Kier molecular flexibility index (Phi) is 5.18. The van der Waals surface area contributed by atoms with Gasteiger partial charge in [0.15, 0.2) is 0 Å². The third-order valence-electron chi connectivity index (χ3n) is 7.74. The van der Waals surface area contributed by atoms with Crippen LogP contribution in [0.1, 0.15) is 56.2 Å². The fourth-order valence-electron chi connectivity index (χ4n) is 6.00. The summed E-state index contributed by atoms with van der Waals surface area (Å²) in [6.45, 7) is 4.62. The molecule has 1 saturated carbocycles. The minimum atomic E-state index is -0.284. The molecule has 3 unspecified atom stereocenters. The fourth-order valence-corrected chi connectivity index (χ4v) is 6.00. The summed E-state index contributed by atoms with van der Waals surface area (Å²) in [6.07, 6.45) is 5.51. The van der Waals surface area contributed by atoms with Crippen molar-refractivity contribution in [3.05, 3.63) is 59.2 Å². The van der Waals surface area contributed by atoms with E-state index in [4.69, 9.17) is 9.47 Å². The largest absolute Gasteiger partial charge is 0.497 e. The zero-order valence-electron chi connectivity index (χ0n) is 18.1. The molecule has 4 rings (SSSR count). The van der Waals surface area contributed by atoms with Crippen LogP contribution in [0.2, 0.25) is 0 Å². The lowest BCUT2D eigenvalue weighted by Gasteiger charge is -2.54. The van der Waals surface area contributed by atoms with Crippen LogP contribution in [0.25, 0.3) is 0 Å². The SMILES string of the molecule is COc1cccc(CCC2(C)C(=O)CCC3(C)c4ccc(OC)cc4CCC23)c1. The van der Waals surface area contributed by atoms with Crippen molar-refractivity contribution in [3.63, 3.8) is 0 Å². The van der Waals surface area contributed by atoms with Crippen LogP contribution >= 0.6 is 0 Å². The molecule has 0 aliphatic heterocycles. The molecule has 0 amide bonds. The average molecular weight is 393 g/mol. The van der Waals surface area contributed by atoms with Gasteiger partial charge in [-0.05, 0) is 84.4 Å². The van der Waals surface area contributed by atoms with Crippen LogP contribution in [0.3, 0.4) is 0 Å². The van der Waals surface area contributed by atoms with Crippen LogP contribution < -0.4 is 9.47 Å². The smallest absolute Gasteiger partial charge is 0.139 e. The highest BCUT2D eigenvalue weighted by atomic mass is 16.5. The molecule has 2 aromatic carbocycles. The lowest BCUT2D eigenvalue weighted by Crippen LogP contribution is -2.53. The molecule has 0 N–H and O–H groups in total. The van der Waals surface area contributed by atoms with E-state index in [0.29, 0.717) is 18.1 Å². The molecule has 0 aromatic heterocycles. The molecule has 0 saturated heterocycles. The molecule has 0 bridgehead atoms. The molecule has 154 valence electrons. The Morgan fingerprint density at radius 2 is 1.76 bits per heavy atom. The third-order valence-corrected chi connectivity index (χ3v) is 7.74. The topological polar surface area (TPSA) is 35.5 Å². The Balaban J connectivity index is 1.64. The van der Waals surface area contributed by atoms with Gasteiger partial charge < -0.3 is 9.47 Å². The molecule has 2 aliphatic carbocycles. The van der Waals surface area contributed by atoms with E-state index in [9.17, 15) is 4.79 Å². The van der Waals surface area contributed by atoms with E-state index in [1.54, 1.807) is 14.2 Å². The molecule has 2 aliphatic rings. The van der Waals surface area contributed by atoms with Gasteiger partial charge in [-0.3, -0.25) is 4.79 Å². The van der Waals surface area contributed by atoms with Crippen LogP contribution in [0.5, 0.6) is 11.5 Å². The molecule has 0 radical (unpaired) electrons. The number of carbonyl (C=O) groups excluding carboxylic acids is 1. The van der Waals surface area contributed by atoms with Gasteiger partial charge in [-0.1, -0.05) is 32.0 Å². The highest BCUT2D eigenvalue weighted by molar-refractivity contribution is 5.86. The van der Waals surface area contributed by atoms with E-state index in [-0.39, 0.29) is 10.8 Å². The second-order valence-corrected chi connectivity index (χ2v) is 9.22. The van der Waals surface area contributed by atoms with E-state index in [1.165, 1.54) is 16.7 Å². The van der Waals surface area contributed by atoms with Crippen molar-refractivity contribution in [2.24, 2.45) is 11.3 Å². The number of aryl methyl sites for hydroxylation is 2. The number of ketones is 1. The monoisotopic (exact) mass is 392 g/mol. The number of rotatable bonds is 5. The van der Waals surface area contributed by atoms with Gasteiger partial charge in [0.1, 0.15) is 17.3 Å². The van der Waals surface area contributed by atoms with Crippen molar-refractivity contribution in [3.8, 4) is 11.5 Å². The Morgan fingerprint density at radius 3 is 2.52 bits per heavy atom. The summed E-state index contributed by atoms with van der Waals surface area (Å²) in [7, 11) is 3.43. The van der Waals surface area contributed by atoms with Crippen molar-refractivity contribution in [2.45, 2.75) is 57.8 Å². The van der Waals surface area contributed by atoms with Crippen LogP contribution in [-0.2, 0) is 23.1 Å². The Bertz CT molecular complexity index is 918. The molecular formula is C26H32O3. The molecular weight excluding hydrogens is 360 g/mol. The second-order valence-electron chi connectivity index (χ2n) is 9.22. The standard InChI is InChI=1S/C26H32O3/c1-25-15-13-24(27)26(2,14-12-18-6-5-7-20(16-18)28-3)23(25)11-8-19-17-21(29-4)9-10-22(19)25/h5-7,9-10,16-17,23H,8,11-15H2,1-4H3. The van der Waals surface area contributed by atoms with Crippen molar-refractivity contribution < 1.29 is 14.3 Å². The van der Waals surface area contributed by atoms with Crippen LogP contribution in [0.15, 0.2) is 42.5 Å². The molecule has 3 atom stereocenters.